The van der Waals surface area contributed by atoms with Gasteiger partial charge in [0.1, 0.15) is 5.82 Å². The zero-order valence-electron chi connectivity index (χ0n) is 11.6. The van der Waals surface area contributed by atoms with E-state index in [1.165, 1.54) is 30.7 Å². The van der Waals surface area contributed by atoms with Gasteiger partial charge in [0.15, 0.2) is 0 Å². The van der Waals surface area contributed by atoms with Crippen molar-refractivity contribution in [1.82, 2.24) is 0 Å². The van der Waals surface area contributed by atoms with Gasteiger partial charge in [0.2, 0.25) is 0 Å². The molecule has 0 atom stereocenters. The van der Waals surface area contributed by atoms with Crippen molar-refractivity contribution < 1.29 is 4.39 Å². The summed E-state index contributed by atoms with van der Waals surface area (Å²) in [5, 5.41) is 3.22. The predicted molar refractivity (Wildman–Crippen MR) is 87.0 cm³/mol. The van der Waals surface area contributed by atoms with Crippen LogP contribution in [0.5, 0.6) is 0 Å². The molecule has 110 valence electrons. The van der Waals surface area contributed by atoms with Gasteiger partial charge in [-0.05, 0) is 43.2 Å². The summed E-state index contributed by atoms with van der Waals surface area (Å²) in [4.78, 5) is 2.37. The number of anilines is 4. The van der Waals surface area contributed by atoms with E-state index >= 15 is 0 Å². The van der Waals surface area contributed by atoms with Crippen LogP contribution in [0.4, 0.5) is 27.1 Å². The van der Waals surface area contributed by atoms with Crippen LogP contribution in [0.1, 0.15) is 12.8 Å². The minimum atomic E-state index is -0.510. The zero-order valence-corrected chi connectivity index (χ0v) is 12.3. The SMILES string of the molecule is Nc1cc(F)c(Cl)cc1Nc1ccc(N2CCCC2)cc1. The third-order valence-corrected chi connectivity index (χ3v) is 4.00. The average Bonchev–Trinajstić information content (AvgIpc) is 3.00. The molecule has 3 N–H and O–H groups in total. The van der Waals surface area contributed by atoms with E-state index in [9.17, 15) is 4.39 Å². The molecule has 0 radical (unpaired) electrons. The number of hydrogen-bond donors (Lipinski definition) is 2. The first-order chi connectivity index (χ1) is 10.1. The fourth-order valence-corrected chi connectivity index (χ4v) is 2.72. The van der Waals surface area contributed by atoms with Crippen LogP contribution in [0.25, 0.3) is 0 Å². The Labute approximate surface area is 128 Å². The van der Waals surface area contributed by atoms with E-state index in [1.807, 2.05) is 12.1 Å². The quantitative estimate of drug-likeness (QED) is 0.826. The number of halogens is 2. The van der Waals surface area contributed by atoms with E-state index in [-0.39, 0.29) is 5.02 Å². The molecule has 21 heavy (non-hydrogen) atoms. The molecule has 0 bridgehead atoms. The Bertz CT molecular complexity index is 637. The lowest BCUT2D eigenvalue weighted by molar-refractivity contribution is 0.629. The van der Waals surface area contributed by atoms with E-state index in [1.54, 1.807) is 0 Å². The van der Waals surface area contributed by atoms with Crippen LogP contribution in [-0.4, -0.2) is 13.1 Å². The highest BCUT2D eigenvalue weighted by molar-refractivity contribution is 6.31. The fourth-order valence-electron chi connectivity index (χ4n) is 2.56. The van der Waals surface area contributed by atoms with Crippen molar-refractivity contribution in [2.24, 2.45) is 0 Å². The van der Waals surface area contributed by atoms with E-state index in [4.69, 9.17) is 17.3 Å². The van der Waals surface area contributed by atoms with Crippen LogP contribution >= 0.6 is 11.6 Å². The third kappa shape index (κ3) is 3.05. The third-order valence-electron chi connectivity index (χ3n) is 3.71. The van der Waals surface area contributed by atoms with Crippen molar-refractivity contribution in [3.63, 3.8) is 0 Å². The maximum Gasteiger partial charge on any atom is 0.143 e. The first-order valence-corrected chi connectivity index (χ1v) is 7.38. The first kappa shape index (κ1) is 14.0. The molecule has 1 heterocycles. The van der Waals surface area contributed by atoms with Crippen molar-refractivity contribution in [3.8, 4) is 0 Å². The number of benzene rings is 2. The summed E-state index contributed by atoms with van der Waals surface area (Å²) in [7, 11) is 0. The maximum absolute atomic E-state index is 13.3. The Hall–Kier alpha value is -1.94. The molecule has 0 spiro atoms. The molecule has 1 saturated heterocycles. The lowest BCUT2D eigenvalue weighted by Gasteiger charge is -2.18. The molecule has 1 aliphatic rings. The summed E-state index contributed by atoms with van der Waals surface area (Å²) < 4.78 is 13.3. The van der Waals surface area contributed by atoms with Gasteiger partial charge in [-0.2, -0.15) is 0 Å². The van der Waals surface area contributed by atoms with Crippen LogP contribution in [0.15, 0.2) is 36.4 Å². The zero-order chi connectivity index (χ0) is 14.8. The van der Waals surface area contributed by atoms with Gasteiger partial charge in [-0.1, -0.05) is 11.6 Å². The Balaban J connectivity index is 1.77. The summed E-state index contributed by atoms with van der Waals surface area (Å²) in [6.45, 7) is 2.24. The van der Waals surface area contributed by atoms with Gasteiger partial charge in [-0.25, -0.2) is 4.39 Å². The molecule has 0 amide bonds. The fraction of sp³-hybridized carbons (Fsp3) is 0.250. The van der Waals surface area contributed by atoms with Crippen molar-refractivity contribution in [2.45, 2.75) is 12.8 Å². The lowest BCUT2D eigenvalue weighted by atomic mass is 10.2. The standard InChI is InChI=1S/C16H17ClFN3/c17-13-9-16(15(19)10-14(13)18)20-11-3-5-12(6-4-11)21-7-1-2-8-21/h3-6,9-10,20H,1-2,7-8,19H2. The van der Waals surface area contributed by atoms with Gasteiger partial charge < -0.3 is 16.0 Å². The van der Waals surface area contributed by atoms with Crippen LogP contribution in [0.2, 0.25) is 5.02 Å². The summed E-state index contributed by atoms with van der Waals surface area (Å²) in [6.07, 6.45) is 2.51. The number of nitrogen functional groups attached to an aromatic ring is 1. The minimum absolute atomic E-state index is 0.0559. The summed E-state index contributed by atoms with van der Waals surface area (Å²) in [6, 6.07) is 10.9. The van der Waals surface area contributed by atoms with Gasteiger partial charge in [0, 0.05) is 30.5 Å². The van der Waals surface area contributed by atoms with E-state index in [0.29, 0.717) is 11.4 Å². The molecule has 0 saturated carbocycles. The van der Waals surface area contributed by atoms with Crippen LogP contribution in [0.3, 0.4) is 0 Å². The van der Waals surface area contributed by atoms with Crippen molar-refractivity contribution in [2.75, 3.05) is 29.0 Å². The van der Waals surface area contributed by atoms with Gasteiger partial charge >= 0.3 is 0 Å². The molecule has 2 aromatic rings. The number of nitrogens with zero attached hydrogens (tertiary/aromatic N) is 1. The monoisotopic (exact) mass is 305 g/mol. The van der Waals surface area contributed by atoms with Crippen molar-refractivity contribution in [1.29, 1.82) is 0 Å². The second-order valence-electron chi connectivity index (χ2n) is 5.22. The highest BCUT2D eigenvalue weighted by Gasteiger charge is 2.12. The summed E-state index contributed by atoms with van der Waals surface area (Å²) in [5.41, 5.74) is 8.86. The predicted octanol–water partition coefficient (Wildman–Crippen LogP) is 4.41. The highest BCUT2D eigenvalue weighted by Crippen LogP contribution is 2.30. The van der Waals surface area contributed by atoms with Crippen molar-refractivity contribution >= 4 is 34.4 Å². The average molecular weight is 306 g/mol. The molecule has 1 aliphatic heterocycles. The normalized spacial score (nSPS) is 14.5. The number of rotatable bonds is 3. The first-order valence-electron chi connectivity index (χ1n) is 7.00. The van der Waals surface area contributed by atoms with Crippen LogP contribution < -0.4 is 16.0 Å². The Kier molecular flexibility index (Phi) is 3.88. The minimum Gasteiger partial charge on any atom is -0.397 e. The van der Waals surface area contributed by atoms with Gasteiger partial charge in [0.25, 0.3) is 0 Å². The van der Waals surface area contributed by atoms with E-state index in [0.717, 1.165) is 18.8 Å². The second-order valence-corrected chi connectivity index (χ2v) is 5.63. The molecular formula is C16H17ClFN3. The van der Waals surface area contributed by atoms with E-state index in [2.05, 4.69) is 22.3 Å². The summed E-state index contributed by atoms with van der Waals surface area (Å²) >= 11 is 5.79. The number of nitrogens with two attached hydrogens (primary N) is 1. The molecule has 0 unspecified atom stereocenters. The smallest absolute Gasteiger partial charge is 0.143 e. The van der Waals surface area contributed by atoms with Crippen LogP contribution in [0, 0.1) is 5.82 Å². The summed E-state index contributed by atoms with van der Waals surface area (Å²) in [5.74, 6) is -0.510. The van der Waals surface area contributed by atoms with Crippen LogP contribution in [-0.2, 0) is 0 Å². The number of nitrogens with one attached hydrogen (secondary N) is 1. The van der Waals surface area contributed by atoms with Gasteiger partial charge in [-0.3, -0.25) is 0 Å². The number of hydrogen-bond acceptors (Lipinski definition) is 3. The van der Waals surface area contributed by atoms with Gasteiger partial charge in [-0.15, -0.1) is 0 Å². The largest absolute Gasteiger partial charge is 0.397 e. The topological polar surface area (TPSA) is 41.3 Å². The van der Waals surface area contributed by atoms with E-state index < -0.39 is 5.82 Å². The molecule has 3 nitrogen and oxygen atoms in total. The molecule has 1 fully saturated rings. The van der Waals surface area contributed by atoms with Crippen molar-refractivity contribution in [3.05, 3.63) is 47.2 Å². The Morgan fingerprint density at radius 2 is 1.76 bits per heavy atom. The Morgan fingerprint density at radius 3 is 2.43 bits per heavy atom. The maximum atomic E-state index is 13.3. The molecular weight excluding hydrogens is 289 g/mol. The second kappa shape index (κ2) is 5.82. The molecule has 5 heteroatoms. The molecule has 0 aliphatic carbocycles. The Morgan fingerprint density at radius 1 is 1.10 bits per heavy atom. The molecule has 3 rings (SSSR count). The molecule has 0 aromatic heterocycles. The molecule has 2 aromatic carbocycles. The lowest BCUT2D eigenvalue weighted by Crippen LogP contribution is -2.17. The highest BCUT2D eigenvalue weighted by atomic mass is 35.5. The van der Waals surface area contributed by atoms with Gasteiger partial charge in [0.05, 0.1) is 16.4 Å².